The number of hydrogen-bond donors (Lipinski definition) is 1. The van der Waals surface area contributed by atoms with Crippen LogP contribution in [0.3, 0.4) is 0 Å². The Kier molecular flexibility index (Phi) is 7.83. The zero-order valence-corrected chi connectivity index (χ0v) is 19.8. The minimum Gasteiger partial charge on any atom is -0.483 e. The Morgan fingerprint density at radius 2 is 1.68 bits per heavy atom. The molecule has 34 heavy (non-hydrogen) atoms. The summed E-state index contributed by atoms with van der Waals surface area (Å²) >= 11 is 0. The fourth-order valence-corrected chi connectivity index (χ4v) is 4.61. The number of hydrogen-bond acceptors (Lipinski definition) is 4. The van der Waals surface area contributed by atoms with Crippen molar-refractivity contribution in [3.63, 3.8) is 0 Å². The maximum Gasteiger partial charge on any atom is 0.260 e. The predicted octanol–water partition coefficient (Wildman–Crippen LogP) is 4.09. The normalized spacial score (nSPS) is 16.9. The highest BCUT2D eigenvalue weighted by Crippen LogP contribution is 2.28. The summed E-state index contributed by atoms with van der Waals surface area (Å²) in [5.41, 5.74) is 2.21. The zero-order chi connectivity index (χ0) is 23.9. The van der Waals surface area contributed by atoms with E-state index in [-0.39, 0.29) is 30.4 Å². The second kappa shape index (κ2) is 11.2. The van der Waals surface area contributed by atoms with Crippen LogP contribution in [0.15, 0.2) is 48.5 Å². The van der Waals surface area contributed by atoms with Gasteiger partial charge in [0.25, 0.3) is 11.8 Å². The van der Waals surface area contributed by atoms with Gasteiger partial charge in [-0.1, -0.05) is 25.1 Å². The third-order valence-electron chi connectivity index (χ3n) is 6.58. The molecule has 1 N–H and O–H groups in total. The molecule has 3 amide bonds. The number of para-hydroxylation sites is 1. The van der Waals surface area contributed by atoms with Crippen LogP contribution in [0.4, 0.5) is 5.69 Å². The van der Waals surface area contributed by atoms with Gasteiger partial charge in [0.15, 0.2) is 6.61 Å². The highest BCUT2D eigenvalue weighted by atomic mass is 16.5. The molecule has 1 unspecified atom stereocenters. The number of carbonyl (C=O) groups is 3. The van der Waals surface area contributed by atoms with Gasteiger partial charge in [-0.3, -0.25) is 14.4 Å². The minimum absolute atomic E-state index is 0.00191. The van der Waals surface area contributed by atoms with Crippen LogP contribution in [-0.4, -0.2) is 48.9 Å². The Labute approximate surface area is 201 Å². The molecule has 2 saturated heterocycles. The molecule has 2 aliphatic heterocycles. The molecule has 2 fully saturated rings. The van der Waals surface area contributed by atoms with Gasteiger partial charge in [0.05, 0.1) is 6.04 Å². The van der Waals surface area contributed by atoms with Crippen molar-refractivity contribution in [2.75, 3.05) is 31.1 Å². The van der Waals surface area contributed by atoms with Crippen LogP contribution in [-0.2, 0) is 9.59 Å². The highest BCUT2D eigenvalue weighted by molar-refractivity contribution is 5.97. The van der Waals surface area contributed by atoms with Crippen molar-refractivity contribution in [2.45, 2.75) is 51.5 Å². The van der Waals surface area contributed by atoms with Gasteiger partial charge in [-0.2, -0.15) is 0 Å². The number of carbonyl (C=O) groups excluding carboxylic acids is 3. The molecule has 2 aromatic carbocycles. The maximum absolute atomic E-state index is 13.0. The second-order valence-corrected chi connectivity index (χ2v) is 8.90. The first-order valence-electron chi connectivity index (χ1n) is 12.3. The Hall–Kier alpha value is -3.35. The van der Waals surface area contributed by atoms with Gasteiger partial charge < -0.3 is 19.9 Å². The van der Waals surface area contributed by atoms with Crippen molar-refractivity contribution >= 4 is 23.4 Å². The third kappa shape index (κ3) is 5.58. The number of nitrogens with zero attached hydrogens (tertiary/aromatic N) is 2. The molecular formula is C27H33N3O4. The molecule has 0 spiro atoms. The molecule has 7 nitrogen and oxygen atoms in total. The van der Waals surface area contributed by atoms with Crippen LogP contribution in [0.2, 0.25) is 0 Å². The van der Waals surface area contributed by atoms with E-state index in [4.69, 9.17) is 4.74 Å². The van der Waals surface area contributed by atoms with Crippen LogP contribution in [0.5, 0.6) is 5.75 Å². The first-order chi connectivity index (χ1) is 16.6. The summed E-state index contributed by atoms with van der Waals surface area (Å²) in [6, 6.07) is 14.5. The van der Waals surface area contributed by atoms with Crippen LogP contribution < -0.4 is 15.0 Å². The Morgan fingerprint density at radius 3 is 2.38 bits per heavy atom. The van der Waals surface area contributed by atoms with E-state index >= 15 is 0 Å². The largest absolute Gasteiger partial charge is 0.483 e. The van der Waals surface area contributed by atoms with E-state index in [1.165, 1.54) is 0 Å². The van der Waals surface area contributed by atoms with E-state index in [2.05, 4.69) is 5.32 Å². The van der Waals surface area contributed by atoms with Gasteiger partial charge in [0.2, 0.25) is 5.91 Å². The maximum atomic E-state index is 13.0. The summed E-state index contributed by atoms with van der Waals surface area (Å²) in [7, 11) is 0. The number of likely N-dealkylation sites (tertiary alicyclic amines) is 1. The van der Waals surface area contributed by atoms with E-state index in [1.54, 1.807) is 17.0 Å². The fourth-order valence-electron chi connectivity index (χ4n) is 4.61. The number of benzene rings is 2. The van der Waals surface area contributed by atoms with Gasteiger partial charge in [-0.05, 0) is 62.4 Å². The summed E-state index contributed by atoms with van der Waals surface area (Å²) < 4.78 is 5.89. The molecule has 7 heteroatoms. The van der Waals surface area contributed by atoms with Crippen molar-refractivity contribution in [1.82, 2.24) is 10.2 Å². The standard InChI is InChI=1S/C27H33N3O4/c1-2-23(22-9-3-4-10-24(22)34-19-26(32)29-16-7-8-17-29)28-27(33)20-12-14-21(15-13-20)30-18-6-5-11-25(30)31/h3-4,9-10,12-15,23H,2,5-8,11,16-19H2,1H3,(H,28,33). The van der Waals surface area contributed by atoms with Crippen LogP contribution in [0, 0.1) is 0 Å². The lowest BCUT2D eigenvalue weighted by molar-refractivity contribution is -0.132. The van der Waals surface area contributed by atoms with E-state index in [9.17, 15) is 14.4 Å². The monoisotopic (exact) mass is 463 g/mol. The molecule has 2 heterocycles. The zero-order valence-electron chi connectivity index (χ0n) is 19.8. The number of amides is 3. The van der Waals surface area contributed by atoms with Crippen molar-refractivity contribution in [3.8, 4) is 5.75 Å². The number of ether oxygens (including phenoxy) is 1. The van der Waals surface area contributed by atoms with Gasteiger partial charge in [0.1, 0.15) is 5.75 Å². The van der Waals surface area contributed by atoms with Gasteiger partial charge >= 0.3 is 0 Å². The van der Waals surface area contributed by atoms with Crippen LogP contribution in [0.25, 0.3) is 0 Å². The van der Waals surface area contributed by atoms with Crippen LogP contribution >= 0.6 is 0 Å². The lowest BCUT2D eigenvalue weighted by Gasteiger charge is -2.27. The summed E-state index contributed by atoms with van der Waals surface area (Å²) in [4.78, 5) is 41.2. The topological polar surface area (TPSA) is 79.0 Å². The number of rotatable bonds is 8. The van der Waals surface area contributed by atoms with Crippen molar-refractivity contribution in [2.24, 2.45) is 0 Å². The van der Waals surface area contributed by atoms with Gasteiger partial charge in [0, 0.05) is 42.9 Å². The molecule has 4 rings (SSSR count). The fraction of sp³-hybridized carbons (Fsp3) is 0.444. The SMILES string of the molecule is CCC(NC(=O)c1ccc(N2CCCCC2=O)cc1)c1ccccc1OCC(=O)N1CCCC1. The molecule has 0 saturated carbocycles. The molecule has 0 bridgehead atoms. The predicted molar refractivity (Wildman–Crippen MR) is 131 cm³/mol. The number of nitrogens with one attached hydrogen (secondary N) is 1. The summed E-state index contributed by atoms with van der Waals surface area (Å²) in [5.74, 6) is 0.554. The minimum atomic E-state index is -0.256. The van der Waals surface area contributed by atoms with Gasteiger partial charge in [-0.25, -0.2) is 0 Å². The summed E-state index contributed by atoms with van der Waals surface area (Å²) in [5, 5.41) is 3.10. The van der Waals surface area contributed by atoms with E-state index in [0.29, 0.717) is 24.2 Å². The molecular weight excluding hydrogens is 430 g/mol. The van der Waals surface area contributed by atoms with E-state index < -0.39 is 0 Å². The molecule has 2 aliphatic rings. The Balaban J connectivity index is 1.41. The lowest BCUT2D eigenvalue weighted by atomic mass is 10.0. The smallest absolute Gasteiger partial charge is 0.260 e. The first kappa shape index (κ1) is 23.8. The second-order valence-electron chi connectivity index (χ2n) is 8.90. The number of piperidine rings is 1. The van der Waals surface area contributed by atoms with Gasteiger partial charge in [-0.15, -0.1) is 0 Å². The van der Waals surface area contributed by atoms with E-state index in [1.807, 2.05) is 48.2 Å². The number of anilines is 1. The average molecular weight is 464 g/mol. The summed E-state index contributed by atoms with van der Waals surface area (Å²) in [6.07, 6.45) is 5.27. The summed E-state index contributed by atoms with van der Waals surface area (Å²) in [6.45, 7) is 4.31. The molecule has 0 aromatic heterocycles. The van der Waals surface area contributed by atoms with Crippen LogP contribution in [0.1, 0.15) is 67.4 Å². The first-order valence-corrected chi connectivity index (χ1v) is 12.3. The molecule has 180 valence electrons. The quantitative estimate of drug-likeness (QED) is 0.640. The molecule has 0 aliphatic carbocycles. The average Bonchev–Trinajstić information content (AvgIpc) is 3.42. The third-order valence-corrected chi connectivity index (χ3v) is 6.58. The van der Waals surface area contributed by atoms with E-state index in [0.717, 1.165) is 56.6 Å². The molecule has 1 atom stereocenters. The Bertz CT molecular complexity index is 1010. The lowest BCUT2D eigenvalue weighted by Crippen LogP contribution is -2.35. The highest BCUT2D eigenvalue weighted by Gasteiger charge is 2.22. The van der Waals surface area contributed by atoms with Crippen molar-refractivity contribution in [1.29, 1.82) is 0 Å². The van der Waals surface area contributed by atoms with Crippen molar-refractivity contribution < 1.29 is 19.1 Å². The molecule has 2 aromatic rings. The molecule has 0 radical (unpaired) electrons. The Morgan fingerprint density at radius 1 is 0.971 bits per heavy atom. The van der Waals surface area contributed by atoms with Crippen molar-refractivity contribution in [3.05, 3.63) is 59.7 Å².